The lowest BCUT2D eigenvalue weighted by Gasteiger charge is -2.10. The van der Waals surface area contributed by atoms with Crippen LogP contribution in [0.2, 0.25) is 5.02 Å². The number of nitrogens with zero attached hydrogens (tertiary/aromatic N) is 3. The van der Waals surface area contributed by atoms with Crippen LogP contribution < -0.4 is 5.32 Å². The van der Waals surface area contributed by atoms with E-state index >= 15 is 0 Å². The Hall–Kier alpha value is -2.61. The van der Waals surface area contributed by atoms with E-state index < -0.39 is 0 Å². The van der Waals surface area contributed by atoms with Gasteiger partial charge in [-0.3, -0.25) is 9.36 Å². The summed E-state index contributed by atoms with van der Waals surface area (Å²) in [7, 11) is 0. The van der Waals surface area contributed by atoms with Crippen LogP contribution in [0, 0.1) is 0 Å². The van der Waals surface area contributed by atoms with Gasteiger partial charge in [-0.1, -0.05) is 75.7 Å². The number of thioether (sulfide) groups is 1. The lowest BCUT2D eigenvalue weighted by Crippen LogP contribution is -2.14. The van der Waals surface area contributed by atoms with Gasteiger partial charge in [0.15, 0.2) is 11.0 Å². The molecule has 0 saturated carbocycles. The summed E-state index contributed by atoms with van der Waals surface area (Å²) >= 11 is 10.8. The molecule has 1 aromatic heterocycles. The predicted molar refractivity (Wildman–Crippen MR) is 125 cm³/mol. The standard InChI is InChI=1S/C22H16BrClN4OS/c23-16-11-9-15(10-12-16)21-26-27-22(28(21)19-7-2-1-3-8-19)30-14-20(29)25-18-6-4-5-17(24)13-18/h1-13H,14H2,(H,25,29). The minimum atomic E-state index is -0.143. The van der Waals surface area contributed by atoms with Crippen LogP contribution in [0.25, 0.3) is 17.1 Å². The van der Waals surface area contributed by atoms with Crippen LogP contribution in [-0.4, -0.2) is 26.4 Å². The number of anilines is 1. The third-order valence-electron chi connectivity index (χ3n) is 4.19. The summed E-state index contributed by atoms with van der Waals surface area (Å²) in [6, 6.07) is 24.8. The number of nitrogens with one attached hydrogen (secondary N) is 1. The molecule has 0 saturated heterocycles. The van der Waals surface area contributed by atoms with Gasteiger partial charge in [-0.25, -0.2) is 0 Å². The molecule has 0 fully saturated rings. The zero-order chi connectivity index (χ0) is 20.9. The van der Waals surface area contributed by atoms with E-state index in [4.69, 9.17) is 11.6 Å². The van der Waals surface area contributed by atoms with Crippen molar-refractivity contribution in [1.82, 2.24) is 14.8 Å². The van der Waals surface area contributed by atoms with Crippen LogP contribution in [-0.2, 0) is 4.79 Å². The van der Waals surface area contributed by atoms with Gasteiger partial charge >= 0.3 is 0 Å². The van der Waals surface area contributed by atoms with Crippen molar-refractivity contribution in [1.29, 1.82) is 0 Å². The second kappa shape index (κ2) is 9.47. The second-order valence-corrected chi connectivity index (χ2v) is 8.63. The molecule has 1 amide bonds. The molecule has 0 aliphatic heterocycles. The SMILES string of the molecule is O=C(CSc1nnc(-c2ccc(Br)cc2)n1-c1ccccc1)Nc1cccc(Cl)c1. The molecule has 30 heavy (non-hydrogen) atoms. The Morgan fingerprint density at radius 1 is 1.00 bits per heavy atom. The van der Waals surface area contributed by atoms with Crippen LogP contribution >= 0.6 is 39.3 Å². The summed E-state index contributed by atoms with van der Waals surface area (Å²) in [5.41, 5.74) is 2.52. The van der Waals surface area contributed by atoms with Gasteiger partial charge in [-0.2, -0.15) is 0 Å². The van der Waals surface area contributed by atoms with Crippen LogP contribution in [0.1, 0.15) is 0 Å². The van der Waals surface area contributed by atoms with Gasteiger partial charge in [0.2, 0.25) is 5.91 Å². The van der Waals surface area contributed by atoms with Crippen LogP contribution in [0.5, 0.6) is 0 Å². The maximum Gasteiger partial charge on any atom is 0.234 e. The van der Waals surface area contributed by atoms with Gasteiger partial charge in [-0.05, 0) is 42.5 Å². The van der Waals surface area contributed by atoms with Crippen molar-refractivity contribution in [2.75, 3.05) is 11.1 Å². The van der Waals surface area contributed by atoms with Crippen LogP contribution in [0.4, 0.5) is 5.69 Å². The zero-order valence-corrected chi connectivity index (χ0v) is 18.8. The van der Waals surface area contributed by atoms with Gasteiger partial charge in [0, 0.05) is 26.4 Å². The van der Waals surface area contributed by atoms with E-state index in [0.717, 1.165) is 15.7 Å². The zero-order valence-electron chi connectivity index (χ0n) is 15.6. The number of rotatable bonds is 6. The first kappa shape index (κ1) is 20.7. The molecular weight excluding hydrogens is 484 g/mol. The molecule has 0 atom stereocenters. The van der Waals surface area contributed by atoms with E-state index in [2.05, 4.69) is 31.4 Å². The molecule has 0 radical (unpaired) electrons. The van der Waals surface area contributed by atoms with E-state index in [9.17, 15) is 4.79 Å². The van der Waals surface area contributed by atoms with Crippen molar-refractivity contribution in [2.45, 2.75) is 5.16 Å². The lowest BCUT2D eigenvalue weighted by atomic mass is 10.2. The van der Waals surface area contributed by atoms with Crippen molar-refractivity contribution in [3.8, 4) is 17.1 Å². The number of hydrogen-bond acceptors (Lipinski definition) is 4. The number of aromatic nitrogens is 3. The Kier molecular flexibility index (Phi) is 6.52. The van der Waals surface area contributed by atoms with Crippen LogP contribution in [0.15, 0.2) is 88.5 Å². The number of carbonyl (C=O) groups excluding carboxylic acids is 1. The number of halogens is 2. The minimum absolute atomic E-state index is 0.143. The molecule has 4 aromatic rings. The molecule has 0 aliphatic carbocycles. The largest absolute Gasteiger partial charge is 0.325 e. The van der Waals surface area contributed by atoms with E-state index in [-0.39, 0.29) is 11.7 Å². The molecule has 0 spiro atoms. The van der Waals surface area contributed by atoms with E-state index in [1.165, 1.54) is 11.8 Å². The lowest BCUT2D eigenvalue weighted by molar-refractivity contribution is -0.113. The molecule has 3 aromatic carbocycles. The average Bonchev–Trinajstić information content (AvgIpc) is 3.17. The van der Waals surface area contributed by atoms with Crippen molar-refractivity contribution in [3.63, 3.8) is 0 Å². The molecule has 0 aliphatic rings. The second-order valence-electron chi connectivity index (χ2n) is 6.33. The predicted octanol–water partition coefficient (Wildman–Crippen LogP) is 6.08. The van der Waals surface area contributed by atoms with Gasteiger partial charge in [-0.15, -0.1) is 10.2 Å². The van der Waals surface area contributed by atoms with Crippen molar-refractivity contribution in [2.24, 2.45) is 0 Å². The third-order valence-corrected chi connectivity index (χ3v) is 5.88. The molecule has 0 bridgehead atoms. The highest BCUT2D eigenvalue weighted by molar-refractivity contribution is 9.10. The number of hydrogen-bond donors (Lipinski definition) is 1. The fourth-order valence-electron chi connectivity index (χ4n) is 2.85. The summed E-state index contributed by atoms with van der Waals surface area (Å²) < 4.78 is 2.95. The molecule has 0 unspecified atom stereocenters. The van der Waals surface area contributed by atoms with Gasteiger partial charge < -0.3 is 5.32 Å². The Balaban J connectivity index is 1.58. The summed E-state index contributed by atoms with van der Waals surface area (Å²) in [4.78, 5) is 12.4. The molecule has 8 heteroatoms. The Bertz CT molecular complexity index is 1170. The molecule has 1 heterocycles. The first-order valence-electron chi connectivity index (χ1n) is 9.05. The van der Waals surface area contributed by atoms with E-state index in [0.29, 0.717) is 21.7 Å². The Labute approximate surface area is 191 Å². The van der Waals surface area contributed by atoms with E-state index in [1.807, 2.05) is 59.2 Å². The van der Waals surface area contributed by atoms with E-state index in [1.54, 1.807) is 24.3 Å². The first-order valence-corrected chi connectivity index (χ1v) is 11.2. The Morgan fingerprint density at radius 2 is 1.77 bits per heavy atom. The Morgan fingerprint density at radius 3 is 2.50 bits per heavy atom. The topological polar surface area (TPSA) is 59.8 Å². The smallest absolute Gasteiger partial charge is 0.234 e. The van der Waals surface area contributed by atoms with Crippen molar-refractivity contribution in [3.05, 3.63) is 88.4 Å². The highest BCUT2D eigenvalue weighted by atomic mass is 79.9. The normalized spacial score (nSPS) is 10.7. The maximum atomic E-state index is 12.4. The number of benzene rings is 3. The maximum absolute atomic E-state index is 12.4. The highest BCUT2D eigenvalue weighted by Gasteiger charge is 2.17. The fraction of sp³-hybridized carbons (Fsp3) is 0.0455. The average molecular weight is 500 g/mol. The highest BCUT2D eigenvalue weighted by Crippen LogP contribution is 2.29. The van der Waals surface area contributed by atoms with Crippen LogP contribution in [0.3, 0.4) is 0 Å². The molecule has 5 nitrogen and oxygen atoms in total. The van der Waals surface area contributed by atoms with Crippen molar-refractivity contribution >= 4 is 50.9 Å². The number of carbonyl (C=O) groups is 1. The summed E-state index contributed by atoms with van der Waals surface area (Å²) in [5.74, 6) is 0.763. The number of amides is 1. The van der Waals surface area contributed by atoms with Crippen molar-refractivity contribution < 1.29 is 4.79 Å². The molecule has 1 N–H and O–H groups in total. The monoisotopic (exact) mass is 498 g/mol. The molecular formula is C22H16BrClN4OS. The number of para-hydroxylation sites is 1. The minimum Gasteiger partial charge on any atom is -0.325 e. The van der Waals surface area contributed by atoms with Gasteiger partial charge in [0.25, 0.3) is 0 Å². The molecule has 150 valence electrons. The summed E-state index contributed by atoms with van der Waals surface area (Å²) in [6.45, 7) is 0. The summed E-state index contributed by atoms with van der Waals surface area (Å²) in [6.07, 6.45) is 0. The fourth-order valence-corrected chi connectivity index (χ4v) is 4.06. The first-order chi connectivity index (χ1) is 14.6. The summed E-state index contributed by atoms with van der Waals surface area (Å²) in [5, 5.41) is 12.8. The van der Waals surface area contributed by atoms with Gasteiger partial charge in [0.05, 0.1) is 5.75 Å². The molecule has 4 rings (SSSR count). The third kappa shape index (κ3) is 4.92. The van der Waals surface area contributed by atoms with Gasteiger partial charge in [0.1, 0.15) is 0 Å². The quantitative estimate of drug-likeness (QED) is 0.327.